The summed E-state index contributed by atoms with van der Waals surface area (Å²) >= 11 is 0. The smallest absolute Gasteiger partial charge is 0.108 e. The second kappa shape index (κ2) is 3.72. The first kappa shape index (κ1) is 9.26. The molecular weight excluding hydrogens is 150 g/mol. The second-order valence-electron chi connectivity index (χ2n) is 3.28. The predicted molar refractivity (Wildman–Crippen MR) is 50.0 cm³/mol. The molecule has 0 aliphatic rings. The van der Waals surface area contributed by atoms with Gasteiger partial charge in [-0.1, -0.05) is 6.92 Å². The van der Waals surface area contributed by atoms with Crippen molar-refractivity contribution in [2.45, 2.75) is 39.8 Å². The average molecular weight is 167 g/mol. The Morgan fingerprint density at radius 2 is 2.33 bits per heavy atom. The molecule has 0 saturated heterocycles. The van der Waals surface area contributed by atoms with Crippen LogP contribution in [-0.4, -0.2) is 15.6 Å². The zero-order valence-electron chi connectivity index (χ0n) is 8.04. The fraction of sp³-hybridized carbons (Fsp3) is 0.667. The monoisotopic (exact) mass is 167 g/mol. The molecule has 1 unspecified atom stereocenters. The maximum atomic E-state index is 5.71. The van der Waals surface area contributed by atoms with Crippen LogP contribution in [0.1, 0.15) is 25.4 Å². The number of aryl methyl sites for hydroxylation is 2. The molecule has 3 nitrogen and oxygen atoms in total. The first-order valence-corrected chi connectivity index (χ1v) is 4.41. The summed E-state index contributed by atoms with van der Waals surface area (Å²) in [7, 11) is 0. The molecule has 0 amide bonds. The summed E-state index contributed by atoms with van der Waals surface area (Å²) < 4.78 is 2.14. The largest absolute Gasteiger partial charge is 0.333 e. The summed E-state index contributed by atoms with van der Waals surface area (Å²) in [4.78, 5) is 4.39. The SMILES string of the molecule is CCc1nc(C)cn1CC(C)N. The molecule has 1 rings (SSSR count). The Morgan fingerprint density at radius 3 is 2.83 bits per heavy atom. The molecule has 0 radical (unpaired) electrons. The molecular formula is C9H17N3. The van der Waals surface area contributed by atoms with E-state index in [-0.39, 0.29) is 6.04 Å². The molecule has 1 heterocycles. The normalized spacial score (nSPS) is 13.3. The quantitative estimate of drug-likeness (QED) is 0.732. The molecule has 3 heteroatoms. The lowest BCUT2D eigenvalue weighted by atomic mass is 10.3. The van der Waals surface area contributed by atoms with E-state index >= 15 is 0 Å². The fourth-order valence-electron chi connectivity index (χ4n) is 1.35. The Kier molecular flexibility index (Phi) is 2.87. The number of hydrogen-bond donors (Lipinski definition) is 1. The summed E-state index contributed by atoms with van der Waals surface area (Å²) in [5.74, 6) is 1.13. The van der Waals surface area contributed by atoms with Crippen molar-refractivity contribution in [3.8, 4) is 0 Å². The molecule has 0 saturated carbocycles. The highest BCUT2D eigenvalue weighted by Gasteiger charge is 2.04. The Bertz CT molecular complexity index is 250. The van der Waals surface area contributed by atoms with Crippen molar-refractivity contribution in [3.63, 3.8) is 0 Å². The highest BCUT2D eigenvalue weighted by atomic mass is 15.1. The first-order chi connectivity index (χ1) is 5.63. The van der Waals surface area contributed by atoms with Crippen LogP contribution in [0.3, 0.4) is 0 Å². The van der Waals surface area contributed by atoms with Gasteiger partial charge in [0, 0.05) is 25.2 Å². The van der Waals surface area contributed by atoms with Gasteiger partial charge in [0.05, 0.1) is 5.69 Å². The minimum absolute atomic E-state index is 0.198. The molecule has 2 N–H and O–H groups in total. The van der Waals surface area contributed by atoms with Gasteiger partial charge in [-0.3, -0.25) is 0 Å². The number of imidazole rings is 1. The van der Waals surface area contributed by atoms with Crippen molar-refractivity contribution < 1.29 is 0 Å². The fourth-order valence-corrected chi connectivity index (χ4v) is 1.35. The van der Waals surface area contributed by atoms with Crippen molar-refractivity contribution in [1.82, 2.24) is 9.55 Å². The van der Waals surface area contributed by atoms with Crippen molar-refractivity contribution in [2.24, 2.45) is 5.73 Å². The summed E-state index contributed by atoms with van der Waals surface area (Å²) in [5, 5.41) is 0. The van der Waals surface area contributed by atoms with Crippen LogP contribution < -0.4 is 5.73 Å². The Balaban J connectivity index is 2.81. The van der Waals surface area contributed by atoms with Gasteiger partial charge in [-0.15, -0.1) is 0 Å². The lowest BCUT2D eigenvalue weighted by molar-refractivity contribution is 0.569. The maximum absolute atomic E-state index is 5.71. The van der Waals surface area contributed by atoms with Crippen molar-refractivity contribution in [3.05, 3.63) is 17.7 Å². The van der Waals surface area contributed by atoms with E-state index in [1.807, 2.05) is 13.8 Å². The maximum Gasteiger partial charge on any atom is 0.108 e. The van der Waals surface area contributed by atoms with E-state index in [0.29, 0.717) is 0 Å². The van der Waals surface area contributed by atoms with Crippen LogP contribution in [0.5, 0.6) is 0 Å². The standard InChI is InChI=1S/C9H17N3/c1-4-9-11-8(3)6-12(9)5-7(2)10/h6-7H,4-5,10H2,1-3H3. The number of nitrogens with zero attached hydrogens (tertiary/aromatic N) is 2. The third-order valence-corrected chi connectivity index (χ3v) is 1.78. The van der Waals surface area contributed by atoms with E-state index in [9.17, 15) is 0 Å². The highest BCUT2D eigenvalue weighted by Crippen LogP contribution is 2.03. The van der Waals surface area contributed by atoms with Gasteiger partial charge >= 0.3 is 0 Å². The zero-order valence-corrected chi connectivity index (χ0v) is 8.04. The average Bonchev–Trinajstić information content (AvgIpc) is 2.29. The third kappa shape index (κ3) is 2.08. The Labute approximate surface area is 73.6 Å². The zero-order chi connectivity index (χ0) is 9.14. The van der Waals surface area contributed by atoms with Crippen LogP contribution >= 0.6 is 0 Å². The van der Waals surface area contributed by atoms with Gasteiger partial charge in [0.2, 0.25) is 0 Å². The van der Waals surface area contributed by atoms with Crippen molar-refractivity contribution in [1.29, 1.82) is 0 Å². The molecule has 0 spiro atoms. The van der Waals surface area contributed by atoms with Gasteiger partial charge < -0.3 is 10.3 Å². The summed E-state index contributed by atoms with van der Waals surface area (Å²) in [6.07, 6.45) is 3.03. The molecule has 0 aliphatic heterocycles. The minimum atomic E-state index is 0.198. The number of rotatable bonds is 3. The van der Waals surface area contributed by atoms with E-state index in [0.717, 1.165) is 24.5 Å². The highest BCUT2D eigenvalue weighted by molar-refractivity contribution is 5.02. The third-order valence-electron chi connectivity index (χ3n) is 1.78. The van der Waals surface area contributed by atoms with Gasteiger partial charge in [-0.25, -0.2) is 4.98 Å². The lowest BCUT2D eigenvalue weighted by Crippen LogP contribution is -2.22. The minimum Gasteiger partial charge on any atom is -0.333 e. The van der Waals surface area contributed by atoms with Crippen LogP contribution in [0.2, 0.25) is 0 Å². The number of nitrogens with two attached hydrogens (primary N) is 1. The molecule has 0 fully saturated rings. The lowest BCUT2D eigenvalue weighted by Gasteiger charge is -2.08. The predicted octanol–water partition coefficient (Wildman–Crippen LogP) is 1.10. The molecule has 68 valence electrons. The molecule has 1 atom stereocenters. The van der Waals surface area contributed by atoms with Crippen molar-refractivity contribution >= 4 is 0 Å². The summed E-state index contributed by atoms with van der Waals surface area (Å²) in [6, 6.07) is 0.198. The van der Waals surface area contributed by atoms with Crippen LogP contribution in [-0.2, 0) is 13.0 Å². The van der Waals surface area contributed by atoms with E-state index in [1.165, 1.54) is 0 Å². The van der Waals surface area contributed by atoms with E-state index in [1.54, 1.807) is 0 Å². The number of hydrogen-bond acceptors (Lipinski definition) is 2. The summed E-state index contributed by atoms with van der Waals surface area (Å²) in [5.41, 5.74) is 6.79. The van der Waals surface area contributed by atoms with Crippen LogP contribution in [0.25, 0.3) is 0 Å². The second-order valence-corrected chi connectivity index (χ2v) is 3.28. The van der Waals surface area contributed by atoms with Crippen LogP contribution in [0.4, 0.5) is 0 Å². The molecule has 12 heavy (non-hydrogen) atoms. The molecule has 0 aromatic carbocycles. The molecule has 1 aromatic heterocycles. The molecule has 0 bridgehead atoms. The van der Waals surface area contributed by atoms with Crippen molar-refractivity contribution in [2.75, 3.05) is 0 Å². The van der Waals surface area contributed by atoms with Crippen LogP contribution in [0, 0.1) is 6.92 Å². The van der Waals surface area contributed by atoms with Gasteiger partial charge in [0.25, 0.3) is 0 Å². The van der Waals surface area contributed by atoms with Gasteiger partial charge in [-0.05, 0) is 13.8 Å². The molecule has 0 aliphatic carbocycles. The number of aromatic nitrogens is 2. The van der Waals surface area contributed by atoms with Gasteiger partial charge in [-0.2, -0.15) is 0 Å². The van der Waals surface area contributed by atoms with Crippen LogP contribution in [0.15, 0.2) is 6.20 Å². The van der Waals surface area contributed by atoms with E-state index < -0.39 is 0 Å². The molecule has 1 aromatic rings. The van der Waals surface area contributed by atoms with Gasteiger partial charge in [0.15, 0.2) is 0 Å². The van der Waals surface area contributed by atoms with Gasteiger partial charge in [0.1, 0.15) is 5.82 Å². The first-order valence-electron chi connectivity index (χ1n) is 4.41. The topological polar surface area (TPSA) is 43.8 Å². The summed E-state index contributed by atoms with van der Waals surface area (Å²) in [6.45, 7) is 7.00. The van der Waals surface area contributed by atoms with E-state index in [2.05, 4.69) is 22.7 Å². The Morgan fingerprint density at radius 1 is 1.67 bits per heavy atom. The Hall–Kier alpha value is -0.830. The van der Waals surface area contributed by atoms with E-state index in [4.69, 9.17) is 5.73 Å².